The Morgan fingerprint density at radius 2 is 2.00 bits per heavy atom. The second kappa shape index (κ2) is 9.03. The van der Waals surface area contributed by atoms with Crippen molar-refractivity contribution in [3.63, 3.8) is 0 Å². The first-order chi connectivity index (χ1) is 16.8. The molecule has 2 aliphatic rings. The third kappa shape index (κ3) is 4.18. The lowest BCUT2D eigenvalue weighted by atomic mass is 9.83. The number of nitrogens with zero attached hydrogens (tertiary/aromatic N) is 3. The number of nitrogens with one attached hydrogen (secondary N) is 1. The molecule has 2 atom stereocenters. The van der Waals surface area contributed by atoms with E-state index in [1.807, 2.05) is 29.2 Å². The molecular formula is C26H25BrN4O4. The molecule has 1 spiro atoms. The predicted molar refractivity (Wildman–Crippen MR) is 137 cm³/mol. The smallest absolute Gasteiger partial charge is 0.294 e. The van der Waals surface area contributed by atoms with Gasteiger partial charge in [0.1, 0.15) is 5.69 Å². The maximum atomic E-state index is 13.5. The van der Waals surface area contributed by atoms with E-state index in [1.165, 1.54) is 13.1 Å². The monoisotopic (exact) mass is 536 g/mol. The van der Waals surface area contributed by atoms with E-state index in [4.69, 9.17) is 0 Å². The molecule has 5 rings (SSSR count). The first-order valence-corrected chi connectivity index (χ1v) is 12.4. The number of halogens is 1. The lowest BCUT2D eigenvalue weighted by Gasteiger charge is -2.26. The quantitative estimate of drug-likeness (QED) is 0.274. The number of nitro benzene ring substituents is 1. The van der Waals surface area contributed by atoms with E-state index in [1.54, 1.807) is 18.5 Å². The molecule has 0 bridgehead atoms. The summed E-state index contributed by atoms with van der Waals surface area (Å²) in [6.45, 7) is 1.18. The van der Waals surface area contributed by atoms with Gasteiger partial charge < -0.3 is 10.2 Å². The maximum absolute atomic E-state index is 13.5. The van der Waals surface area contributed by atoms with Crippen molar-refractivity contribution in [2.75, 3.05) is 25.0 Å². The van der Waals surface area contributed by atoms with Crippen molar-refractivity contribution in [1.82, 2.24) is 10.3 Å². The molecule has 1 aromatic heterocycles. The minimum Gasteiger partial charge on any atom is -0.365 e. The van der Waals surface area contributed by atoms with E-state index in [9.17, 15) is 19.7 Å². The number of aromatic nitrogens is 1. The van der Waals surface area contributed by atoms with Gasteiger partial charge in [0.2, 0.25) is 0 Å². The number of benzene rings is 2. The molecule has 0 radical (unpaired) electrons. The lowest BCUT2D eigenvalue weighted by molar-refractivity contribution is -0.384. The second-order valence-electron chi connectivity index (χ2n) is 9.54. The van der Waals surface area contributed by atoms with E-state index >= 15 is 0 Å². The number of hydrogen-bond donors (Lipinski definition) is 1. The van der Waals surface area contributed by atoms with Gasteiger partial charge >= 0.3 is 0 Å². The third-order valence-corrected chi connectivity index (χ3v) is 7.94. The second-order valence-corrected chi connectivity index (χ2v) is 10.5. The summed E-state index contributed by atoms with van der Waals surface area (Å²) in [4.78, 5) is 43.8. The number of nitro groups is 1. The Bertz CT molecular complexity index is 1360. The zero-order valence-electron chi connectivity index (χ0n) is 19.3. The first-order valence-electron chi connectivity index (χ1n) is 11.6. The summed E-state index contributed by atoms with van der Waals surface area (Å²) in [5, 5.41) is 16.3. The van der Waals surface area contributed by atoms with Crippen LogP contribution in [0.5, 0.6) is 0 Å². The highest BCUT2D eigenvalue weighted by atomic mass is 79.9. The van der Waals surface area contributed by atoms with Crippen LogP contribution >= 0.6 is 15.9 Å². The fourth-order valence-electron chi connectivity index (χ4n) is 5.82. The Morgan fingerprint density at radius 1 is 1.20 bits per heavy atom. The molecular weight excluding hydrogens is 512 g/mol. The Labute approximate surface area is 211 Å². The average molecular weight is 537 g/mol. The van der Waals surface area contributed by atoms with Crippen molar-refractivity contribution >= 4 is 49.8 Å². The zero-order chi connectivity index (χ0) is 24.7. The predicted octanol–water partition coefficient (Wildman–Crippen LogP) is 5.14. The van der Waals surface area contributed by atoms with E-state index in [-0.39, 0.29) is 34.3 Å². The van der Waals surface area contributed by atoms with Gasteiger partial charge in [-0.3, -0.25) is 24.7 Å². The van der Waals surface area contributed by atoms with Gasteiger partial charge in [0.25, 0.3) is 11.6 Å². The van der Waals surface area contributed by atoms with Crippen molar-refractivity contribution in [2.45, 2.75) is 25.7 Å². The molecule has 1 saturated carbocycles. The van der Waals surface area contributed by atoms with Crippen LogP contribution in [0.15, 0.2) is 53.3 Å². The number of hydrogen-bond acceptors (Lipinski definition) is 6. The Balaban J connectivity index is 1.42. The number of anilines is 1. The number of carbonyl (C=O) groups is 2. The van der Waals surface area contributed by atoms with Crippen LogP contribution < -0.4 is 10.2 Å². The van der Waals surface area contributed by atoms with E-state index in [0.29, 0.717) is 28.8 Å². The van der Waals surface area contributed by atoms with E-state index < -0.39 is 4.92 Å². The molecule has 9 heteroatoms. The highest BCUT2D eigenvalue weighted by Crippen LogP contribution is 2.51. The van der Waals surface area contributed by atoms with Crippen LogP contribution in [0.1, 0.15) is 46.4 Å². The summed E-state index contributed by atoms with van der Waals surface area (Å²) in [7, 11) is 1.51. The lowest BCUT2D eigenvalue weighted by Crippen LogP contribution is -2.29. The van der Waals surface area contributed by atoms with Crippen molar-refractivity contribution in [2.24, 2.45) is 11.3 Å². The number of pyridine rings is 1. The normalized spacial score (nSPS) is 21.5. The van der Waals surface area contributed by atoms with Crippen LogP contribution in [0, 0.1) is 21.4 Å². The molecule has 1 N–H and O–H groups in total. The van der Waals surface area contributed by atoms with E-state index in [2.05, 4.69) is 26.2 Å². The summed E-state index contributed by atoms with van der Waals surface area (Å²) in [6, 6.07) is 10.9. The fourth-order valence-corrected chi connectivity index (χ4v) is 6.27. The molecule has 1 amide bonds. The van der Waals surface area contributed by atoms with Crippen molar-refractivity contribution < 1.29 is 14.5 Å². The molecule has 2 heterocycles. The number of amides is 1. The largest absolute Gasteiger partial charge is 0.365 e. The Morgan fingerprint density at radius 3 is 2.77 bits per heavy atom. The molecule has 180 valence electrons. The van der Waals surface area contributed by atoms with Crippen LogP contribution in [0.3, 0.4) is 0 Å². The van der Waals surface area contributed by atoms with Crippen molar-refractivity contribution in [3.8, 4) is 0 Å². The van der Waals surface area contributed by atoms with Crippen molar-refractivity contribution in [1.29, 1.82) is 0 Å². The molecule has 8 nitrogen and oxygen atoms in total. The molecule has 1 saturated heterocycles. The molecule has 2 fully saturated rings. The van der Waals surface area contributed by atoms with Gasteiger partial charge in [-0.25, -0.2) is 0 Å². The summed E-state index contributed by atoms with van der Waals surface area (Å²) < 4.78 is 0.482. The minimum absolute atomic E-state index is 0.0949. The topological polar surface area (TPSA) is 105 Å². The third-order valence-electron chi connectivity index (χ3n) is 7.48. The summed E-state index contributed by atoms with van der Waals surface area (Å²) in [5.41, 5.74) is 1.08. The molecule has 1 aliphatic heterocycles. The van der Waals surface area contributed by atoms with E-state index in [0.717, 1.165) is 36.5 Å². The maximum Gasteiger partial charge on any atom is 0.294 e. The van der Waals surface area contributed by atoms with Gasteiger partial charge in [-0.1, -0.05) is 40.2 Å². The number of fused-ring (bicyclic) bond motifs is 1. The summed E-state index contributed by atoms with van der Waals surface area (Å²) in [6.07, 6.45) is 6.64. The molecule has 1 aliphatic carbocycles. The summed E-state index contributed by atoms with van der Waals surface area (Å²) in [5.74, 6) is -0.362. The number of carbonyl (C=O) groups excluding carboxylic acids is 2. The van der Waals surface area contributed by atoms with Gasteiger partial charge in [-0.2, -0.15) is 0 Å². The van der Waals surface area contributed by atoms with Crippen LogP contribution in [-0.4, -0.2) is 41.7 Å². The molecule has 35 heavy (non-hydrogen) atoms. The van der Waals surface area contributed by atoms with Crippen LogP contribution in [0.4, 0.5) is 11.4 Å². The highest BCUT2D eigenvalue weighted by Gasteiger charge is 2.47. The number of rotatable bonds is 5. The SMILES string of the molecule is CNC(=O)c1cc(Br)cc([N+](=O)[O-])c1N1CC[C@@]2(CCC(C(=O)c3cncc4ccccc34)C2)C1. The zero-order valence-corrected chi connectivity index (χ0v) is 20.9. The molecule has 1 unspecified atom stereocenters. The first kappa shape index (κ1) is 23.4. The van der Waals surface area contributed by atoms with Crippen molar-refractivity contribution in [3.05, 3.63) is 74.5 Å². The average Bonchev–Trinajstić information content (AvgIpc) is 3.48. The molecule has 2 aromatic carbocycles. The van der Waals surface area contributed by atoms with Crippen LogP contribution in [0.25, 0.3) is 10.8 Å². The van der Waals surface area contributed by atoms with Gasteiger partial charge in [0.05, 0.1) is 10.5 Å². The van der Waals surface area contributed by atoms with Gasteiger partial charge in [-0.15, -0.1) is 0 Å². The van der Waals surface area contributed by atoms with Crippen LogP contribution in [0.2, 0.25) is 0 Å². The minimum atomic E-state index is -0.438. The van der Waals surface area contributed by atoms with Gasteiger partial charge in [-0.05, 0) is 42.6 Å². The fraction of sp³-hybridized carbons (Fsp3) is 0.346. The standard InChI is InChI=1S/C26H25BrN4O4/c1-28-25(33)20-10-18(27)11-22(31(34)35)23(20)30-9-8-26(15-30)7-6-16(12-26)24(32)21-14-29-13-17-4-2-3-5-19(17)21/h2-5,10-11,13-14,16H,6-9,12,15H2,1H3,(H,28,33)/t16?,26-/m1/s1. The van der Waals surface area contributed by atoms with Gasteiger partial charge in [0.15, 0.2) is 5.78 Å². The highest BCUT2D eigenvalue weighted by molar-refractivity contribution is 9.10. The molecule has 3 aromatic rings. The Kier molecular flexibility index (Phi) is 6.04. The van der Waals surface area contributed by atoms with Crippen LogP contribution in [-0.2, 0) is 0 Å². The number of ketones is 1. The number of Topliss-reactive ketones (excluding diaryl/α,β-unsaturated/α-hetero) is 1. The summed E-state index contributed by atoms with van der Waals surface area (Å²) >= 11 is 3.30. The van der Waals surface area contributed by atoms with Gasteiger partial charge in [0, 0.05) is 59.9 Å². The Hall–Kier alpha value is -3.33.